The number of benzene rings is 2. The van der Waals surface area contributed by atoms with Crippen LogP contribution in [0.2, 0.25) is 0 Å². The molecule has 1 fully saturated rings. The van der Waals surface area contributed by atoms with E-state index in [4.69, 9.17) is 0 Å². The highest BCUT2D eigenvalue weighted by molar-refractivity contribution is 5.38. The van der Waals surface area contributed by atoms with Crippen LogP contribution in [0.25, 0.3) is 0 Å². The Labute approximate surface area is 109 Å². The van der Waals surface area contributed by atoms with E-state index in [0.717, 1.165) is 6.54 Å². The van der Waals surface area contributed by atoms with Gasteiger partial charge in [0.15, 0.2) is 0 Å². The molecular weight excluding hydrogens is 218 g/mol. The summed E-state index contributed by atoms with van der Waals surface area (Å²) in [6, 6.07) is 21.7. The lowest BCUT2D eigenvalue weighted by atomic mass is 9.77. The molecule has 1 aliphatic heterocycles. The van der Waals surface area contributed by atoms with Gasteiger partial charge in [0, 0.05) is 0 Å². The second-order valence-corrected chi connectivity index (χ2v) is 5.02. The highest BCUT2D eigenvalue weighted by Crippen LogP contribution is 2.36. The summed E-state index contributed by atoms with van der Waals surface area (Å²) in [5.41, 5.74) is 2.78. The van der Waals surface area contributed by atoms with Crippen molar-refractivity contribution in [2.45, 2.75) is 24.8 Å². The summed E-state index contributed by atoms with van der Waals surface area (Å²) in [5.74, 6) is 0. The van der Waals surface area contributed by atoms with Crippen LogP contribution in [-0.2, 0) is 5.54 Å². The van der Waals surface area contributed by atoms with Crippen molar-refractivity contribution in [3.05, 3.63) is 71.8 Å². The van der Waals surface area contributed by atoms with E-state index in [1.165, 1.54) is 30.4 Å². The van der Waals surface area contributed by atoms with E-state index in [1.54, 1.807) is 0 Å². The van der Waals surface area contributed by atoms with Crippen LogP contribution in [0.15, 0.2) is 60.7 Å². The fraction of sp³-hybridized carbons (Fsp3) is 0.294. The van der Waals surface area contributed by atoms with Gasteiger partial charge in [0.25, 0.3) is 0 Å². The molecule has 2 aromatic carbocycles. The number of hydrogen-bond acceptors (Lipinski definition) is 1. The van der Waals surface area contributed by atoms with Gasteiger partial charge in [-0.3, -0.25) is 0 Å². The van der Waals surface area contributed by atoms with Crippen LogP contribution >= 0.6 is 0 Å². The fourth-order valence-electron chi connectivity index (χ4n) is 3.01. The van der Waals surface area contributed by atoms with Gasteiger partial charge in [-0.15, -0.1) is 0 Å². The Bertz CT molecular complexity index is 442. The molecule has 1 heterocycles. The molecule has 0 unspecified atom stereocenters. The molecule has 0 spiro atoms. The summed E-state index contributed by atoms with van der Waals surface area (Å²) in [4.78, 5) is 0. The predicted molar refractivity (Wildman–Crippen MR) is 75.5 cm³/mol. The molecule has 1 saturated heterocycles. The van der Waals surface area contributed by atoms with E-state index >= 15 is 0 Å². The maximum atomic E-state index is 3.77. The largest absolute Gasteiger partial charge is 0.304 e. The van der Waals surface area contributed by atoms with Gasteiger partial charge in [0.1, 0.15) is 0 Å². The van der Waals surface area contributed by atoms with Crippen LogP contribution in [0.1, 0.15) is 30.4 Å². The molecule has 0 saturated carbocycles. The number of hydrogen-bond donors (Lipinski definition) is 1. The van der Waals surface area contributed by atoms with E-state index in [2.05, 4.69) is 66.0 Å². The van der Waals surface area contributed by atoms with Crippen LogP contribution in [0, 0.1) is 0 Å². The highest BCUT2D eigenvalue weighted by atomic mass is 15.0. The van der Waals surface area contributed by atoms with Crippen molar-refractivity contribution in [3.8, 4) is 0 Å². The minimum Gasteiger partial charge on any atom is -0.304 e. The Morgan fingerprint density at radius 2 is 1.28 bits per heavy atom. The van der Waals surface area contributed by atoms with Gasteiger partial charge in [-0.2, -0.15) is 0 Å². The van der Waals surface area contributed by atoms with Gasteiger partial charge in [-0.25, -0.2) is 0 Å². The monoisotopic (exact) mass is 237 g/mol. The van der Waals surface area contributed by atoms with Crippen molar-refractivity contribution in [1.82, 2.24) is 5.32 Å². The van der Waals surface area contributed by atoms with Crippen LogP contribution in [0.4, 0.5) is 0 Å². The Balaban J connectivity index is 2.10. The molecule has 0 bridgehead atoms. The summed E-state index contributed by atoms with van der Waals surface area (Å²) < 4.78 is 0. The second-order valence-electron chi connectivity index (χ2n) is 5.02. The predicted octanol–water partition coefficient (Wildman–Crippen LogP) is 3.70. The third-order valence-corrected chi connectivity index (χ3v) is 3.94. The first kappa shape index (κ1) is 11.5. The molecule has 3 rings (SSSR count). The zero-order valence-electron chi connectivity index (χ0n) is 10.6. The Morgan fingerprint density at radius 1 is 0.722 bits per heavy atom. The molecule has 1 N–H and O–H groups in total. The average Bonchev–Trinajstić information content (AvgIpc) is 2.50. The van der Waals surface area contributed by atoms with E-state index in [9.17, 15) is 0 Å². The van der Waals surface area contributed by atoms with E-state index < -0.39 is 0 Å². The van der Waals surface area contributed by atoms with Crippen LogP contribution in [0.3, 0.4) is 0 Å². The molecule has 1 heteroatoms. The van der Waals surface area contributed by atoms with Crippen molar-refractivity contribution < 1.29 is 0 Å². The molecule has 18 heavy (non-hydrogen) atoms. The Hall–Kier alpha value is -1.60. The third-order valence-electron chi connectivity index (χ3n) is 3.94. The lowest BCUT2D eigenvalue weighted by Gasteiger charge is -2.39. The molecule has 1 nitrogen and oxygen atoms in total. The summed E-state index contributed by atoms with van der Waals surface area (Å²) in [6.07, 6.45) is 3.75. The van der Waals surface area contributed by atoms with Gasteiger partial charge in [-0.05, 0) is 36.9 Å². The standard InChI is InChI=1S/C17H19N/c1-3-9-15(10-4-1)17(13-7-8-14-18-17)16-11-5-2-6-12-16/h1-6,9-12,18H,7-8,13-14H2. The van der Waals surface area contributed by atoms with E-state index in [0.29, 0.717) is 0 Å². The van der Waals surface area contributed by atoms with Crippen LogP contribution in [0.5, 0.6) is 0 Å². The summed E-state index contributed by atoms with van der Waals surface area (Å²) in [7, 11) is 0. The van der Waals surface area contributed by atoms with Crippen molar-refractivity contribution in [3.63, 3.8) is 0 Å². The van der Waals surface area contributed by atoms with Gasteiger partial charge >= 0.3 is 0 Å². The van der Waals surface area contributed by atoms with Gasteiger partial charge in [0.05, 0.1) is 5.54 Å². The number of nitrogens with one attached hydrogen (secondary N) is 1. The first-order chi connectivity index (χ1) is 8.92. The summed E-state index contributed by atoms with van der Waals surface area (Å²) in [6.45, 7) is 1.10. The lowest BCUT2D eigenvalue weighted by molar-refractivity contribution is 0.310. The molecular formula is C17H19N. The first-order valence-electron chi connectivity index (χ1n) is 6.78. The lowest BCUT2D eigenvalue weighted by Crippen LogP contribution is -2.46. The van der Waals surface area contributed by atoms with Crippen molar-refractivity contribution in [1.29, 1.82) is 0 Å². The topological polar surface area (TPSA) is 12.0 Å². The maximum Gasteiger partial charge on any atom is 0.0690 e. The number of rotatable bonds is 2. The van der Waals surface area contributed by atoms with Crippen molar-refractivity contribution in [2.24, 2.45) is 0 Å². The third kappa shape index (κ3) is 1.95. The number of piperidine rings is 1. The quantitative estimate of drug-likeness (QED) is 0.839. The molecule has 1 aliphatic rings. The zero-order valence-corrected chi connectivity index (χ0v) is 10.6. The smallest absolute Gasteiger partial charge is 0.0690 e. The van der Waals surface area contributed by atoms with Gasteiger partial charge in [-0.1, -0.05) is 60.7 Å². The summed E-state index contributed by atoms with van der Waals surface area (Å²) >= 11 is 0. The normalized spacial score (nSPS) is 18.4. The van der Waals surface area contributed by atoms with E-state index in [-0.39, 0.29) is 5.54 Å². The van der Waals surface area contributed by atoms with Crippen LogP contribution in [-0.4, -0.2) is 6.54 Å². The van der Waals surface area contributed by atoms with Crippen LogP contribution < -0.4 is 5.32 Å². The Morgan fingerprint density at radius 3 is 1.72 bits per heavy atom. The maximum absolute atomic E-state index is 3.77. The van der Waals surface area contributed by atoms with E-state index in [1.807, 2.05) is 0 Å². The van der Waals surface area contributed by atoms with Crippen molar-refractivity contribution in [2.75, 3.05) is 6.54 Å². The van der Waals surface area contributed by atoms with Gasteiger partial charge in [0.2, 0.25) is 0 Å². The first-order valence-corrected chi connectivity index (χ1v) is 6.78. The molecule has 2 aromatic rings. The highest BCUT2D eigenvalue weighted by Gasteiger charge is 2.34. The molecule has 0 atom stereocenters. The molecule has 0 aromatic heterocycles. The fourth-order valence-corrected chi connectivity index (χ4v) is 3.01. The van der Waals surface area contributed by atoms with Gasteiger partial charge < -0.3 is 5.32 Å². The molecule has 0 aliphatic carbocycles. The van der Waals surface area contributed by atoms with Crippen molar-refractivity contribution >= 4 is 0 Å². The zero-order chi connectivity index (χ0) is 12.3. The molecule has 0 radical (unpaired) electrons. The second kappa shape index (κ2) is 4.95. The SMILES string of the molecule is c1ccc(C2(c3ccccc3)CCCCN2)cc1. The molecule has 92 valence electrons. The average molecular weight is 237 g/mol. The minimum absolute atomic E-state index is 0.0147. The molecule has 0 amide bonds. The minimum atomic E-state index is 0.0147. The Kier molecular flexibility index (Phi) is 3.16. The summed E-state index contributed by atoms with van der Waals surface area (Å²) in [5, 5.41) is 3.77.